The maximum atomic E-state index is 12.3. The lowest BCUT2D eigenvalue weighted by molar-refractivity contribution is -0.0498. The molecule has 0 unspecified atom stereocenters. The van der Waals surface area contributed by atoms with Gasteiger partial charge < -0.3 is 15.0 Å². The van der Waals surface area contributed by atoms with Gasteiger partial charge in [0.2, 0.25) is 0 Å². The third kappa shape index (κ3) is 5.26. The van der Waals surface area contributed by atoms with Gasteiger partial charge in [-0.15, -0.1) is 0 Å². The van der Waals surface area contributed by atoms with Gasteiger partial charge in [-0.3, -0.25) is 0 Å². The highest BCUT2D eigenvalue weighted by Gasteiger charge is 2.10. The molecule has 3 rings (SSSR count). The summed E-state index contributed by atoms with van der Waals surface area (Å²) in [5, 5.41) is 6.96. The van der Waals surface area contributed by atoms with Crippen molar-refractivity contribution in [2.75, 3.05) is 7.05 Å². The minimum Gasteiger partial charge on any atom is -0.435 e. The van der Waals surface area contributed by atoms with Gasteiger partial charge in [-0.25, -0.2) is 14.5 Å². The quantitative estimate of drug-likeness (QED) is 0.676. The zero-order chi connectivity index (χ0) is 19.9. The standard InChI is InChI=1S/C19H19F2N5O2/c1-25(13-14-3-5-16(6-4-14)28-18(20)21)19(27)23-12-15-7-9-22-17(11-15)26-10-2-8-24-26/h2-11,18H,12-13H2,1H3,(H,23,27). The number of nitrogens with zero attached hydrogens (tertiary/aromatic N) is 4. The first-order chi connectivity index (χ1) is 13.5. The van der Waals surface area contributed by atoms with E-state index in [2.05, 4.69) is 20.1 Å². The second-order valence-electron chi connectivity index (χ2n) is 6.01. The highest BCUT2D eigenvalue weighted by molar-refractivity contribution is 5.73. The van der Waals surface area contributed by atoms with Crippen LogP contribution < -0.4 is 10.1 Å². The Morgan fingerprint density at radius 1 is 1.21 bits per heavy atom. The Hall–Kier alpha value is -3.49. The Morgan fingerprint density at radius 2 is 2.00 bits per heavy atom. The summed E-state index contributed by atoms with van der Waals surface area (Å²) in [5.74, 6) is 0.743. The van der Waals surface area contributed by atoms with Gasteiger partial charge in [-0.1, -0.05) is 12.1 Å². The summed E-state index contributed by atoms with van der Waals surface area (Å²) in [5.41, 5.74) is 1.68. The summed E-state index contributed by atoms with van der Waals surface area (Å²) >= 11 is 0. The van der Waals surface area contributed by atoms with Crippen LogP contribution in [0.5, 0.6) is 5.75 Å². The van der Waals surface area contributed by atoms with Gasteiger partial charge >= 0.3 is 12.6 Å². The van der Waals surface area contributed by atoms with Gasteiger partial charge in [0.15, 0.2) is 5.82 Å². The molecular formula is C19H19F2N5O2. The highest BCUT2D eigenvalue weighted by atomic mass is 19.3. The van der Waals surface area contributed by atoms with E-state index in [4.69, 9.17) is 0 Å². The van der Waals surface area contributed by atoms with Crippen LogP contribution in [0.25, 0.3) is 5.82 Å². The number of amides is 2. The average molecular weight is 387 g/mol. The number of rotatable bonds is 7. The van der Waals surface area contributed by atoms with Gasteiger partial charge in [0.1, 0.15) is 5.75 Å². The predicted octanol–water partition coefficient (Wildman–Crippen LogP) is 3.21. The Morgan fingerprint density at radius 3 is 2.68 bits per heavy atom. The zero-order valence-electron chi connectivity index (χ0n) is 15.1. The number of alkyl halides is 2. The average Bonchev–Trinajstić information content (AvgIpc) is 3.22. The number of hydrogen-bond donors (Lipinski definition) is 1. The Labute approximate surface area is 160 Å². The fourth-order valence-corrected chi connectivity index (χ4v) is 2.53. The van der Waals surface area contributed by atoms with Gasteiger partial charge in [0.25, 0.3) is 0 Å². The zero-order valence-corrected chi connectivity index (χ0v) is 15.1. The first kappa shape index (κ1) is 19.3. The van der Waals surface area contributed by atoms with Crippen molar-refractivity contribution in [2.45, 2.75) is 19.7 Å². The Balaban J connectivity index is 1.52. The number of nitrogens with one attached hydrogen (secondary N) is 1. The highest BCUT2D eigenvalue weighted by Crippen LogP contribution is 2.15. The number of urea groups is 1. The van der Waals surface area contributed by atoms with Crippen LogP contribution in [0.2, 0.25) is 0 Å². The van der Waals surface area contributed by atoms with Crippen LogP contribution in [0.3, 0.4) is 0 Å². The molecule has 2 amide bonds. The first-order valence-electron chi connectivity index (χ1n) is 8.49. The smallest absolute Gasteiger partial charge is 0.387 e. The molecule has 2 heterocycles. The van der Waals surface area contributed by atoms with E-state index in [0.717, 1.165) is 11.1 Å². The minimum absolute atomic E-state index is 0.0801. The van der Waals surface area contributed by atoms with Gasteiger partial charge in [0.05, 0.1) is 0 Å². The van der Waals surface area contributed by atoms with E-state index in [9.17, 15) is 13.6 Å². The number of benzene rings is 1. The van der Waals surface area contributed by atoms with Crippen molar-refractivity contribution in [3.05, 3.63) is 72.2 Å². The fourth-order valence-electron chi connectivity index (χ4n) is 2.53. The molecular weight excluding hydrogens is 368 g/mol. The molecule has 0 aliphatic heterocycles. The number of pyridine rings is 1. The minimum atomic E-state index is -2.86. The summed E-state index contributed by atoms with van der Waals surface area (Å²) in [6, 6.07) is 11.4. The first-order valence-corrected chi connectivity index (χ1v) is 8.49. The Bertz CT molecular complexity index is 901. The lowest BCUT2D eigenvalue weighted by Gasteiger charge is -2.18. The van der Waals surface area contributed by atoms with Gasteiger partial charge in [-0.2, -0.15) is 13.9 Å². The fraction of sp³-hybridized carbons (Fsp3) is 0.211. The van der Waals surface area contributed by atoms with Crippen LogP contribution in [-0.4, -0.2) is 39.4 Å². The van der Waals surface area contributed by atoms with Gasteiger partial charge in [0, 0.05) is 38.7 Å². The third-order valence-corrected chi connectivity index (χ3v) is 3.91. The summed E-state index contributed by atoms with van der Waals surface area (Å²) in [4.78, 5) is 18.0. The van der Waals surface area contributed by atoms with Crippen LogP contribution in [0.4, 0.5) is 13.6 Å². The molecule has 0 saturated carbocycles. The second-order valence-corrected chi connectivity index (χ2v) is 6.01. The van der Waals surface area contributed by atoms with Crippen molar-refractivity contribution in [1.82, 2.24) is 25.0 Å². The van der Waals surface area contributed by atoms with Crippen LogP contribution in [0.15, 0.2) is 61.1 Å². The molecule has 146 valence electrons. The maximum absolute atomic E-state index is 12.3. The van der Waals surface area contributed by atoms with Gasteiger partial charge in [-0.05, 0) is 41.5 Å². The van der Waals surface area contributed by atoms with E-state index in [0.29, 0.717) is 18.9 Å². The second kappa shape index (κ2) is 8.94. The molecule has 0 radical (unpaired) electrons. The van der Waals surface area contributed by atoms with E-state index in [-0.39, 0.29) is 11.8 Å². The van der Waals surface area contributed by atoms with E-state index in [1.54, 1.807) is 48.5 Å². The molecule has 1 N–H and O–H groups in total. The number of carbonyl (C=O) groups excluding carboxylic acids is 1. The van der Waals surface area contributed by atoms with E-state index in [1.807, 2.05) is 12.1 Å². The van der Waals surface area contributed by atoms with Crippen molar-refractivity contribution in [2.24, 2.45) is 0 Å². The molecule has 0 fully saturated rings. The van der Waals surface area contributed by atoms with Crippen LogP contribution in [0.1, 0.15) is 11.1 Å². The van der Waals surface area contributed by atoms with E-state index < -0.39 is 6.61 Å². The molecule has 0 bridgehead atoms. The lowest BCUT2D eigenvalue weighted by Crippen LogP contribution is -2.36. The van der Waals surface area contributed by atoms with E-state index >= 15 is 0 Å². The molecule has 3 aromatic rings. The number of hydrogen-bond acceptors (Lipinski definition) is 4. The summed E-state index contributed by atoms with van der Waals surface area (Å²) in [7, 11) is 1.65. The topological polar surface area (TPSA) is 72.3 Å². The molecule has 7 nitrogen and oxygen atoms in total. The number of ether oxygens (including phenoxy) is 1. The molecule has 9 heteroatoms. The van der Waals surface area contributed by atoms with Crippen molar-refractivity contribution in [3.63, 3.8) is 0 Å². The van der Waals surface area contributed by atoms with Crippen LogP contribution >= 0.6 is 0 Å². The van der Waals surface area contributed by atoms with Crippen LogP contribution in [0, 0.1) is 0 Å². The molecule has 0 spiro atoms. The molecule has 0 aliphatic carbocycles. The lowest BCUT2D eigenvalue weighted by atomic mass is 10.2. The SMILES string of the molecule is CN(Cc1ccc(OC(F)F)cc1)C(=O)NCc1ccnc(-n2cccn2)c1. The maximum Gasteiger partial charge on any atom is 0.387 e. The van der Waals surface area contributed by atoms with Crippen molar-refractivity contribution < 1.29 is 18.3 Å². The normalized spacial score (nSPS) is 10.7. The number of carbonyl (C=O) groups is 1. The van der Waals surface area contributed by atoms with Crippen molar-refractivity contribution in [3.8, 4) is 11.6 Å². The molecule has 2 aromatic heterocycles. The molecule has 0 atom stereocenters. The number of halogens is 2. The molecule has 1 aromatic carbocycles. The van der Waals surface area contributed by atoms with Crippen LogP contribution in [-0.2, 0) is 13.1 Å². The largest absolute Gasteiger partial charge is 0.435 e. The number of aromatic nitrogens is 3. The summed E-state index contributed by atoms with van der Waals surface area (Å²) < 4.78 is 30.3. The van der Waals surface area contributed by atoms with E-state index in [1.165, 1.54) is 17.0 Å². The molecule has 0 aliphatic rings. The monoisotopic (exact) mass is 387 g/mol. The van der Waals surface area contributed by atoms with Crippen molar-refractivity contribution >= 4 is 6.03 Å². The third-order valence-electron chi connectivity index (χ3n) is 3.91. The molecule has 28 heavy (non-hydrogen) atoms. The van der Waals surface area contributed by atoms with Crippen molar-refractivity contribution in [1.29, 1.82) is 0 Å². The Kier molecular flexibility index (Phi) is 6.15. The summed E-state index contributed by atoms with van der Waals surface area (Å²) in [6.07, 6.45) is 5.11. The summed E-state index contributed by atoms with van der Waals surface area (Å²) in [6.45, 7) is -2.20. The predicted molar refractivity (Wildman–Crippen MR) is 98.1 cm³/mol. The molecule has 0 saturated heterocycles.